The largest absolute Gasteiger partial charge is 0.455 e. The number of ether oxygens (including phenoxy) is 7. The number of nitrogens with one attached hydrogen (secondary N) is 2. The second kappa shape index (κ2) is 17.3. The molecule has 17 heteroatoms. The summed E-state index contributed by atoms with van der Waals surface area (Å²) in [7, 11) is 1.50. The summed E-state index contributed by atoms with van der Waals surface area (Å²) in [5.74, 6) is -6.61. The van der Waals surface area contributed by atoms with E-state index < -0.39 is 124 Å². The molecular formula is C48H58N2O15. The number of rotatable bonds is 12. The Labute approximate surface area is 377 Å². The molecule has 2 bridgehead atoms. The van der Waals surface area contributed by atoms with E-state index in [4.69, 9.17) is 33.2 Å². The van der Waals surface area contributed by atoms with E-state index in [0.717, 1.165) is 6.92 Å². The Hall–Kier alpha value is -5.65. The van der Waals surface area contributed by atoms with Crippen LogP contribution in [0, 0.1) is 22.7 Å². The van der Waals surface area contributed by atoms with E-state index in [2.05, 4.69) is 10.6 Å². The molecule has 1 heterocycles. The summed E-state index contributed by atoms with van der Waals surface area (Å²) >= 11 is 0. The Bertz CT molecular complexity index is 2270. The highest BCUT2D eigenvalue weighted by molar-refractivity contribution is 5.98. The lowest BCUT2D eigenvalue weighted by Gasteiger charge is -2.64. The Morgan fingerprint density at radius 1 is 0.908 bits per heavy atom. The first kappa shape index (κ1) is 47.3. The van der Waals surface area contributed by atoms with E-state index in [1.165, 1.54) is 26.1 Å². The van der Waals surface area contributed by atoms with Crippen molar-refractivity contribution in [1.29, 1.82) is 0 Å². The van der Waals surface area contributed by atoms with E-state index in [1.807, 2.05) is 0 Å². The molecule has 350 valence electrons. The third-order valence-corrected chi connectivity index (χ3v) is 13.7. The molecule has 1 aliphatic heterocycles. The van der Waals surface area contributed by atoms with E-state index in [1.54, 1.807) is 90.1 Å². The zero-order valence-corrected chi connectivity index (χ0v) is 38.1. The maximum absolute atomic E-state index is 15.6. The summed E-state index contributed by atoms with van der Waals surface area (Å²) < 4.78 is 42.3. The smallest absolute Gasteiger partial charge is 0.408 e. The predicted molar refractivity (Wildman–Crippen MR) is 227 cm³/mol. The lowest BCUT2D eigenvalue weighted by Crippen LogP contribution is -2.78. The highest BCUT2D eigenvalue weighted by atomic mass is 16.6. The Morgan fingerprint density at radius 3 is 2.12 bits per heavy atom. The van der Waals surface area contributed by atoms with Crippen molar-refractivity contribution in [3.8, 4) is 0 Å². The van der Waals surface area contributed by atoms with Gasteiger partial charge in [-0.15, -0.1) is 0 Å². The van der Waals surface area contributed by atoms with Gasteiger partial charge in [0.1, 0.15) is 35.6 Å². The second-order valence-electron chi connectivity index (χ2n) is 19.3. The summed E-state index contributed by atoms with van der Waals surface area (Å²) in [5.41, 5.74) is -7.07. The van der Waals surface area contributed by atoms with Crippen LogP contribution in [0.15, 0.2) is 71.8 Å². The van der Waals surface area contributed by atoms with Crippen LogP contribution in [0.25, 0.3) is 0 Å². The molecule has 11 atom stereocenters. The van der Waals surface area contributed by atoms with Gasteiger partial charge in [0.05, 0.1) is 24.6 Å². The monoisotopic (exact) mass is 902 g/mol. The molecule has 1 spiro atoms. The van der Waals surface area contributed by atoms with Crippen LogP contribution in [0.1, 0.15) is 96.6 Å². The molecule has 5 aliphatic rings. The van der Waals surface area contributed by atoms with Crippen LogP contribution in [0.5, 0.6) is 0 Å². The summed E-state index contributed by atoms with van der Waals surface area (Å²) in [4.78, 5) is 97.7. The number of amides is 1. The molecule has 4 fully saturated rings. The number of likely N-dealkylation sites (N-methyl/N-ethyl adjacent to an activating group) is 1. The molecule has 1 saturated heterocycles. The van der Waals surface area contributed by atoms with Gasteiger partial charge in [-0.1, -0.05) is 62.4 Å². The first-order chi connectivity index (χ1) is 30.5. The maximum atomic E-state index is 15.6. The van der Waals surface area contributed by atoms with Gasteiger partial charge in [0.25, 0.3) is 0 Å². The Kier molecular flexibility index (Phi) is 12.6. The van der Waals surface area contributed by atoms with Crippen molar-refractivity contribution in [1.82, 2.24) is 10.6 Å². The lowest BCUT2D eigenvalue weighted by atomic mass is 9.48. The maximum Gasteiger partial charge on any atom is 0.408 e. The van der Waals surface area contributed by atoms with Crippen molar-refractivity contribution < 1.29 is 71.8 Å². The Balaban J connectivity index is 1.40. The van der Waals surface area contributed by atoms with Gasteiger partial charge in [0.15, 0.2) is 17.5 Å². The fourth-order valence-electron chi connectivity index (χ4n) is 10.8. The second-order valence-corrected chi connectivity index (χ2v) is 19.3. The zero-order valence-electron chi connectivity index (χ0n) is 38.1. The summed E-state index contributed by atoms with van der Waals surface area (Å²) in [6.07, 6.45) is -8.28. The molecule has 0 unspecified atom stereocenters. The number of hydrogen-bond acceptors (Lipinski definition) is 16. The Morgan fingerprint density at radius 2 is 1.55 bits per heavy atom. The first-order valence-electron chi connectivity index (χ1n) is 21.8. The number of esters is 5. The average Bonchev–Trinajstić information content (AvgIpc) is 3.95. The molecule has 3 saturated carbocycles. The molecule has 7 rings (SSSR count). The highest BCUT2D eigenvalue weighted by Gasteiger charge is 2.84. The number of ketones is 1. The van der Waals surface area contributed by atoms with E-state index in [9.17, 15) is 33.9 Å². The van der Waals surface area contributed by atoms with Gasteiger partial charge < -0.3 is 48.9 Å². The summed E-state index contributed by atoms with van der Waals surface area (Å²) in [6, 6.07) is 14.9. The number of fused-ring (bicyclic) bond motifs is 4. The molecule has 0 aromatic heterocycles. The topological polar surface area (TPSA) is 228 Å². The number of carbonyl (C=O) groups excluding carboxylic acids is 7. The number of hydrogen-bond donors (Lipinski definition) is 3. The molecule has 17 nitrogen and oxygen atoms in total. The van der Waals surface area contributed by atoms with Crippen LogP contribution >= 0.6 is 0 Å². The van der Waals surface area contributed by atoms with E-state index in [0.29, 0.717) is 12.0 Å². The molecule has 1 amide bonds. The van der Waals surface area contributed by atoms with Crippen LogP contribution in [0.3, 0.4) is 0 Å². The van der Waals surface area contributed by atoms with Gasteiger partial charge in [-0.25, -0.2) is 14.4 Å². The van der Waals surface area contributed by atoms with Crippen molar-refractivity contribution in [2.75, 3.05) is 20.2 Å². The lowest BCUT2D eigenvalue weighted by molar-refractivity contribution is -0.323. The molecule has 2 aromatic rings. The summed E-state index contributed by atoms with van der Waals surface area (Å²) in [5, 5.41) is 19.2. The van der Waals surface area contributed by atoms with Crippen LogP contribution < -0.4 is 10.6 Å². The third-order valence-electron chi connectivity index (χ3n) is 13.7. The minimum atomic E-state index is -2.29. The van der Waals surface area contributed by atoms with Crippen molar-refractivity contribution >= 4 is 41.7 Å². The van der Waals surface area contributed by atoms with Crippen LogP contribution in [0.2, 0.25) is 0 Å². The van der Waals surface area contributed by atoms with Crippen LogP contribution in [-0.4, -0.2) is 114 Å². The van der Waals surface area contributed by atoms with Crippen LogP contribution in [0.4, 0.5) is 4.79 Å². The van der Waals surface area contributed by atoms with Gasteiger partial charge in [-0.2, -0.15) is 0 Å². The van der Waals surface area contributed by atoms with Crippen molar-refractivity contribution in [2.45, 2.75) is 128 Å². The first-order valence-corrected chi connectivity index (χ1v) is 21.8. The van der Waals surface area contributed by atoms with Gasteiger partial charge in [0.2, 0.25) is 6.10 Å². The third kappa shape index (κ3) is 8.42. The van der Waals surface area contributed by atoms with Gasteiger partial charge in [0, 0.05) is 31.1 Å². The molecule has 4 aliphatic carbocycles. The molecular weight excluding hydrogens is 845 g/mol. The minimum absolute atomic E-state index is 0.104. The van der Waals surface area contributed by atoms with Gasteiger partial charge in [-0.05, 0) is 82.3 Å². The number of aliphatic hydroxyl groups is 1. The molecule has 65 heavy (non-hydrogen) atoms. The quantitative estimate of drug-likeness (QED) is 0.154. The number of Topliss-reactive ketones (excluding diaryl/α,β-unsaturated/α-hetero) is 1. The normalized spacial score (nSPS) is 31.6. The highest BCUT2D eigenvalue weighted by Crippen LogP contribution is 2.74. The minimum Gasteiger partial charge on any atom is -0.455 e. The standard InChI is InChI=1S/C48H58N2O15/c1-25-31(61-42(56)37(62-33(53)23-49-9)35(28-16-12-10-13-17-28)50-43(57)65-44(4,5)6)22-48(58)40(63-41(55)29-18-14-11-15-19-29)38-46(39(54)36(60-26(2)51)34(25)45(48,7)8)21-30(46)20-32-47(38,24-59-32)64-27(3)52/h10-19,30-32,35-38,40,49,58H,20-24H2,1-9H3,(H,50,57)/t30-,31+,32-,35+,36+,37-,38+,40+,46-,47+,48-/m1/s1. The molecule has 3 N–H and O–H groups in total. The van der Waals surface area contributed by atoms with Crippen molar-refractivity contribution in [2.24, 2.45) is 22.7 Å². The fraction of sp³-hybridized carbons (Fsp3) is 0.562. The van der Waals surface area contributed by atoms with Crippen molar-refractivity contribution in [3.63, 3.8) is 0 Å². The van der Waals surface area contributed by atoms with Crippen LogP contribution in [-0.2, 0) is 57.1 Å². The SMILES string of the molecule is CNCC(=O)O[C@@H](C(=O)O[C@H]1C[C@@]2(O)[C@@H](OC(=O)c3ccccc3)[C@@H]3[C@]4(OC(C)=O)CO[C@@H]4C[C@@H]4C[C@@]43C(=O)[C@@H](OC(C)=O)C(=C1C)C2(C)C)[C@@H](NC(=O)OC(C)(C)C)c1ccccc1. The number of benzene rings is 2. The zero-order chi connectivity index (χ0) is 47.4. The number of alkyl carbamates (subject to hydrolysis) is 1. The van der Waals surface area contributed by atoms with Gasteiger partial charge in [-0.3, -0.25) is 19.2 Å². The predicted octanol–water partition coefficient (Wildman–Crippen LogP) is 4.24. The van der Waals surface area contributed by atoms with Gasteiger partial charge >= 0.3 is 35.9 Å². The van der Waals surface area contributed by atoms with Crippen molar-refractivity contribution in [3.05, 3.63) is 82.9 Å². The molecule has 2 aromatic carbocycles. The fourth-order valence-corrected chi connectivity index (χ4v) is 10.8. The molecule has 0 radical (unpaired) electrons. The number of carbonyl (C=O) groups is 7. The van der Waals surface area contributed by atoms with E-state index in [-0.39, 0.29) is 36.3 Å². The summed E-state index contributed by atoms with van der Waals surface area (Å²) in [6.45, 7) is 11.6. The average molecular weight is 903 g/mol. The van der Waals surface area contributed by atoms with E-state index >= 15 is 4.79 Å².